The first-order valence-electron chi connectivity index (χ1n) is 37.7. The van der Waals surface area contributed by atoms with E-state index in [0.717, 1.165) is 68.0 Å². The number of hydrogen-bond donors (Lipinski definition) is 0. The number of aryl methyl sites for hydroxylation is 2. The highest BCUT2D eigenvalue weighted by atomic mass is 15.2. The van der Waals surface area contributed by atoms with Gasteiger partial charge in [-0.2, -0.15) is 0 Å². The molecule has 4 heteroatoms. The van der Waals surface area contributed by atoms with E-state index in [1.54, 1.807) is 0 Å². The van der Waals surface area contributed by atoms with Gasteiger partial charge in [0.05, 0.1) is 11.4 Å². The molecule has 0 saturated carbocycles. The van der Waals surface area contributed by atoms with Gasteiger partial charge in [0.15, 0.2) is 0 Å². The molecule has 0 saturated heterocycles. The maximum Gasteiger partial charge on any atom is 0.0546 e. The van der Waals surface area contributed by atoms with E-state index in [1.807, 2.05) is 0 Å². The monoisotopic (exact) mass is 1390 g/mol. The topological polar surface area (TPSA) is 13.0 Å². The van der Waals surface area contributed by atoms with Crippen LogP contribution in [0.3, 0.4) is 0 Å². The van der Waals surface area contributed by atoms with Gasteiger partial charge in [-0.3, -0.25) is 0 Å². The van der Waals surface area contributed by atoms with Crippen molar-refractivity contribution in [3.8, 4) is 0 Å². The van der Waals surface area contributed by atoms with Crippen molar-refractivity contribution in [1.82, 2.24) is 0 Å². The van der Waals surface area contributed by atoms with Crippen molar-refractivity contribution in [2.45, 2.75) is 53.4 Å². The number of anilines is 12. The molecule has 0 fully saturated rings. The Morgan fingerprint density at radius 2 is 0.426 bits per heavy atom. The lowest BCUT2D eigenvalue weighted by Gasteiger charge is -2.30. The highest BCUT2D eigenvalue weighted by Crippen LogP contribution is 2.49. The Labute approximate surface area is 634 Å². The second-order valence-corrected chi connectivity index (χ2v) is 29.1. The Hall–Kier alpha value is -13.3. The summed E-state index contributed by atoms with van der Waals surface area (Å²) < 4.78 is 0. The number of nitrogens with zero attached hydrogens (tertiary/aromatic N) is 4. The van der Waals surface area contributed by atoms with Crippen LogP contribution in [0.5, 0.6) is 0 Å². The van der Waals surface area contributed by atoms with E-state index in [1.165, 1.54) is 109 Å². The summed E-state index contributed by atoms with van der Waals surface area (Å²) in [5.41, 5.74) is 21.1. The molecular formula is C104H84N4. The average Bonchev–Trinajstić information content (AvgIpc) is 0.724. The van der Waals surface area contributed by atoms with E-state index in [4.69, 9.17) is 0 Å². The van der Waals surface area contributed by atoms with Crippen LogP contribution in [0.1, 0.15) is 72.9 Å². The molecule has 108 heavy (non-hydrogen) atoms. The number of hydrogen-bond acceptors (Lipinski definition) is 4. The fourth-order valence-electron chi connectivity index (χ4n) is 15.4. The molecule has 0 aliphatic heterocycles. The third kappa shape index (κ3) is 13.8. The average molecular weight is 1390 g/mol. The maximum atomic E-state index is 2.43. The van der Waals surface area contributed by atoms with Gasteiger partial charge in [0.2, 0.25) is 0 Å². The van der Waals surface area contributed by atoms with E-state index in [9.17, 15) is 0 Å². The minimum atomic E-state index is 0.469. The molecule has 0 atom stereocenters. The molecule has 0 heterocycles. The third-order valence-corrected chi connectivity index (χ3v) is 21.3. The molecule has 0 unspecified atom stereocenters. The lowest BCUT2D eigenvalue weighted by Crippen LogP contribution is -2.12. The minimum absolute atomic E-state index is 0.469. The van der Waals surface area contributed by atoms with Crippen molar-refractivity contribution in [1.29, 1.82) is 0 Å². The maximum absolute atomic E-state index is 2.43. The van der Waals surface area contributed by atoms with E-state index in [-0.39, 0.29) is 0 Å². The van der Waals surface area contributed by atoms with Crippen molar-refractivity contribution in [3.63, 3.8) is 0 Å². The standard InChI is InChI=1S/C54H38N2.C50H46N2/c1-5-13-45-35-51(31-23-41(45)9-1)55(52-32-24-42-10-2-6-14-46(42)36-52)49-27-19-39(20-28-49)17-18-40-21-29-50(30-22-40)56(53-33-25-43-11-3-7-15-47(43)37-53)54-34-26-44-12-4-8-16-48(44)38-54;1-33(2)37-19-27-41(28-20-37)51(39-23-15-35(5)16-24-39)49-31-47-44-12-8-10-14-46(44)50(32-48(47)43-11-7-9-13-45(43)49)52(40-25-17-36(6)18-26-40)42-29-21-38(22-30-42)34(3)4/h1-38H;7-34H,1-6H3/b18-17+;. The summed E-state index contributed by atoms with van der Waals surface area (Å²) in [7, 11) is 0. The van der Waals surface area contributed by atoms with Crippen LogP contribution < -0.4 is 19.6 Å². The molecule has 0 N–H and O–H groups in total. The molecule has 18 aromatic rings. The summed E-state index contributed by atoms with van der Waals surface area (Å²) in [4.78, 5) is 9.57. The van der Waals surface area contributed by atoms with Crippen molar-refractivity contribution < 1.29 is 0 Å². The van der Waals surface area contributed by atoms with Gasteiger partial charge in [-0.15, -0.1) is 0 Å². The fraction of sp³-hybridized carbons (Fsp3) is 0.0769. The van der Waals surface area contributed by atoms with Gasteiger partial charge in [0.1, 0.15) is 0 Å². The van der Waals surface area contributed by atoms with Crippen molar-refractivity contribution in [3.05, 3.63) is 409 Å². The van der Waals surface area contributed by atoms with Gasteiger partial charge in [-0.25, -0.2) is 0 Å². The second-order valence-electron chi connectivity index (χ2n) is 29.1. The molecular weight excluding hydrogens is 1310 g/mol. The van der Waals surface area contributed by atoms with Gasteiger partial charge in [-0.1, -0.05) is 294 Å². The molecule has 0 bridgehead atoms. The predicted octanol–water partition coefficient (Wildman–Crippen LogP) is 30.4. The lowest BCUT2D eigenvalue weighted by molar-refractivity contribution is 0.866. The number of rotatable bonds is 16. The normalized spacial score (nSPS) is 11.6. The Balaban J connectivity index is 0.000000159. The van der Waals surface area contributed by atoms with Crippen LogP contribution in [-0.4, -0.2) is 0 Å². The minimum Gasteiger partial charge on any atom is -0.310 e. The van der Waals surface area contributed by atoms with E-state index in [2.05, 4.69) is 449 Å². The molecule has 520 valence electrons. The number of fused-ring (bicyclic) bond motifs is 9. The molecule has 0 aliphatic rings. The summed E-state index contributed by atoms with van der Waals surface area (Å²) in [5, 5.41) is 17.2. The van der Waals surface area contributed by atoms with Gasteiger partial charge < -0.3 is 19.6 Å². The van der Waals surface area contributed by atoms with Crippen LogP contribution in [0.4, 0.5) is 68.2 Å². The SMILES string of the molecule is C(=C\c1ccc(N(c2ccc3ccccc3c2)c2ccc3ccccc3c2)cc1)/c1ccc(N(c2ccc3ccccc3c2)c2ccc3ccccc3c2)cc1.Cc1ccc(N(c2ccc(C(C)C)cc2)c2cc3c4ccccc4c(N(c4ccc(C)cc4)c4ccc(C(C)C)cc4)cc3c3ccccc23)cc1. The Morgan fingerprint density at radius 1 is 0.194 bits per heavy atom. The molecule has 0 radical (unpaired) electrons. The van der Waals surface area contributed by atoms with Crippen LogP contribution in [0.25, 0.3) is 87.6 Å². The summed E-state index contributed by atoms with van der Waals surface area (Å²) in [6.45, 7) is 13.3. The summed E-state index contributed by atoms with van der Waals surface area (Å²) >= 11 is 0. The van der Waals surface area contributed by atoms with Crippen molar-refractivity contribution >= 4 is 156 Å². The molecule has 0 spiro atoms. The first-order chi connectivity index (χ1) is 53.0. The summed E-state index contributed by atoms with van der Waals surface area (Å²) in [5.74, 6) is 0.938. The smallest absolute Gasteiger partial charge is 0.0546 e. The zero-order valence-electron chi connectivity index (χ0n) is 61.9. The van der Waals surface area contributed by atoms with Crippen LogP contribution in [-0.2, 0) is 0 Å². The molecule has 0 aliphatic carbocycles. The third-order valence-electron chi connectivity index (χ3n) is 21.3. The zero-order chi connectivity index (χ0) is 73.2. The lowest BCUT2D eigenvalue weighted by atomic mass is 9.93. The van der Waals surface area contributed by atoms with E-state index >= 15 is 0 Å². The Bertz CT molecular complexity index is 5770. The summed E-state index contributed by atoms with van der Waals surface area (Å²) in [6, 6.07) is 137. The largest absolute Gasteiger partial charge is 0.310 e. The second kappa shape index (κ2) is 29.7. The van der Waals surface area contributed by atoms with Gasteiger partial charge in [0, 0.05) is 67.6 Å². The van der Waals surface area contributed by atoms with E-state index < -0.39 is 0 Å². The molecule has 18 aromatic carbocycles. The highest BCUT2D eigenvalue weighted by Gasteiger charge is 2.24. The fourth-order valence-corrected chi connectivity index (χ4v) is 15.4. The van der Waals surface area contributed by atoms with Crippen molar-refractivity contribution in [2.75, 3.05) is 19.6 Å². The van der Waals surface area contributed by atoms with Gasteiger partial charge in [0.25, 0.3) is 0 Å². The molecule has 18 rings (SSSR count). The zero-order valence-corrected chi connectivity index (χ0v) is 61.9. The van der Waals surface area contributed by atoms with Crippen LogP contribution in [0.15, 0.2) is 376 Å². The van der Waals surface area contributed by atoms with Gasteiger partial charge >= 0.3 is 0 Å². The Morgan fingerprint density at radius 3 is 0.713 bits per heavy atom. The van der Waals surface area contributed by atoms with E-state index in [0.29, 0.717) is 11.8 Å². The first-order valence-corrected chi connectivity index (χ1v) is 37.7. The number of benzene rings is 18. The van der Waals surface area contributed by atoms with Crippen LogP contribution in [0, 0.1) is 13.8 Å². The quantitative estimate of drug-likeness (QED) is 0.0706. The molecule has 4 nitrogen and oxygen atoms in total. The van der Waals surface area contributed by atoms with Crippen molar-refractivity contribution in [2.24, 2.45) is 0 Å². The van der Waals surface area contributed by atoms with Crippen LogP contribution in [0.2, 0.25) is 0 Å². The first kappa shape index (κ1) is 67.9. The van der Waals surface area contributed by atoms with Gasteiger partial charge in [-0.05, 0) is 246 Å². The Kier molecular flexibility index (Phi) is 18.7. The van der Waals surface area contributed by atoms with Crippen LogP contribution >= 0.6 is 0 Å². The highest BCUT2D eigenvalue weighted by molar-refractivity contribution is 6.24. The molecule has 0 amide bonds. The molecule has 0 aromatic heterocycles. The predicted molar refractivity (Wildman–Crippen MR) is 467 cm³/mol. The summed E-state index contributed by atoms with van der Waals surface area (Å²) in [6.07, 6.45) is 4.39.